The molecule has 2 aromatic carbocycles. The molecule has 4 nitrogen and oxygen atoms in total. The zero-order valence-electron chi connectivity index (χ0n) is 11.7. The van der Waals surface area contributed by atoms with Crippen LogP contribution in [0.25, 0.3) is 0 Å². The number of carbonyl (C=O) groups is 2. The summed E-state index contributed by atoms with van der Waals surface area (Å²) in [6.45, 7) is 0. The highest BCUT2D eigenvalue weighted by Crippen LogP contribution is 2.25. The highest BCUT2D eigenvalue weighted by atomic mass is 35.5. The molecule has 0 atom stereocenters. The molecular weight excluding hydrogens is 325 g/mol. The minimum atomic E-state index is -0.467. The molecule has 0 aliphatic heterocycles. The molecule has 2 rings (SSSR count). The van der Waals surface area contributed by atoms with Crippen LogP contribution in [0.15, 0.2) is 42.5 Å². The highest BCUT2D eigenvalue weighted by molar-refractivity contribution is 6.36. The smallest absolute Gasteiger partial charge is 0.337 e. The summed E-state index contributed by atoms with van der Waals surface area (Å²) in [4.78, 5) is 23.6. The topological polar surface area (TPSA) is 55.4 Å². The SMILES string of the molecule is COC(=O)c1cccc(NC(=O)Cc2c(Cl)cccc2Cl)c1. The van der Waals surface area contributed by atoms with E-state index in [2.05, 4.69) is 10.1 Å². The van der Waals surface area contributed by atoms with Crippen molar-refractivity contribution in [3.63, 3.8) is 0 Å². The zero-order chi connectivity index (χ0) is 16.1. The second-order valence-corrected chi connectivity index (χ2v) is 5.31. The number of anilines is 1. The lowest BCUT2D eigenvalue weighted by molar-refractivity contribution is -0.115. The van der Waals surface area contributed by atoms with Crippen LogP contribution >= 0.6 is 23.2 Å². The fourth-order valence-electron chi connectivity index (χ4n) is 1.91. The Hall–Kier alpha value is -2.04. The van der Waals surface area contributed by atoms with E-state index in [0.29, 0.717) is 26.9 Å². The van der Waals surface area contributed by atoms with Crippen molar-refractivity contribution in [2.24, 2.45) is 0 Å². The van der Waals surface area contributed by atoms with Crippen molar-refractivity contribution in [2.45, 2.75) is 6.42 Å². The Kier molecular flexibility index (Phi) is 5.41. The van der Waals surface area contributed by atoms with Gasteiger partial charge in [0.15, 0.2) is 0 Å². The van der Waals surface area contributed by atoms with Gasteiger partial charge in [-0.3, -0.25) is 4.79 Å². The van der Waals surface area contributed by atoms with Gasteiger partial charge in [-0.15, -0.1) is 0 Å². The van der Waals surface area contributed by atoms with E-state index < -0.39 is 5.97 Å². The monoisotopic (exact) mass is 337 g/mol. The molecule has 0 fully saturated rings. The van der Waals surface area contributed by atoms with Crippen LogP contribution in [0.5, 0.6) is 0 Å². The molecule has 1 amide bonds. The number of hydrogen-bond acceptors (Lipinski definition) is 3. The summed E-state index contributed by atoms with van der Waals surface area (Å²) in [5, 5.41) is 3.57. The van der Waals surface area contributed by atoms with E-state index >= 15 is 0 Å². The molecule has 0 bridgehead atoms. The number of hydrogen-bond donors (Lipinski definition) is 1. The van der Waals surface area contributed by atoms with Gasteiger partial charge in [-0.1, -0.05) is 35.3 Å². The highest BCUT2D eigenvalue weighted by Gasteiger charge is 2.12. The summed E-state index contributed by atoms with van der Waals surface area (Å²) in [5.41, 5.74) is 1.42. The maximum absolute atomic E-state index is 12.1. The number of benzene rings is 2. The van der Waals surface area contributed by atoms with Crippen LogP contribution in [0.3, 0.4) is 0 Å². The van der Waals surface area contributed by atoms with E-state index in [-0.39, 0.29) is 12.3 Å². The molecule has 0 spiro atoms. The molecule has 0 saturated heterocycles. The molecule has 1 N–H and O–H groups in total. The molecule has 22 heavy (non-hydrogen) atoms. The van der Waals surface area contributed by atoms with Gasteiger partial charge in [0.25, 0.3) is 0 Å². The summed E-state index contributed by atoms with van der Waals surface area (Å²) in [6, 6.07) is 11.5. The normalized spacial score (nSPS) is 10.1. The average molecular weight is 338 g/mol. The third-order valence-corrected chi connectivity index (χ3v) is 3.67. The number of ether oxygens (including phenoxy) is 1. The number of nitrogens with one attached hydrogen (secondary N) is 1. The van der Waals surface area contributed by atoms with E-state index in [0.717, 1.165) is 0 Å². The molecule has 0 saturated carbocycles. The Bertz CT molecular complexity index is 696. The van der Waals surface area contributed by atoms with Crippen LogP contribution in [-0.2, 0) is 16.0 Å². The van der Waals surface area contributed by atoms with Crippen LogP contribution in [0.1, 0.15) is 15.9 Å². The second kappa shape index (κ2) is 7.29. The van der Waals surface area contributed by atoms with Crippen molar-refractivity contribution >= 4 is 40.8 Å². The fourth-order valence-corrected chi connectivity index (χ4v) is 2.44. The maximum atomic E-state index is 12.1. The lowest BCUT2D eigenvalue weighted by atomic mass is 10.1. The van der Waals surface area contributed by atoms with Crippen molar-refractivity contribution in [3.05, 3.63) is 63.6 Å². The van der Waals surface area contributed by atoms with Crippen LogP contribution in [0.2, 0.25) is 10.0 Å². The van der Waals surface area contributed by atoms with Gasteiger partial charge in [0.1, 0.15) is 0 Å². The Morgan fingerprint density at radius 3 is 2.36 bits per heavy atom. The molecular formula is C16H13Cl2NO3. The first-order chi connectivity index (χ1) is 10.5. The summed E-state index contributed by atoms with van der Waals surface area (Å²) in [6.07, 6.45) is 0.0426. The van der Waals surface area contributed by atoms with Gasteiger partial charge >= 0.3 is 5.97 Å². The third kappa shape index (κ3) is 4.00. The van der Waals surface area contributed by atoms with Crippen molar-refractivity contribution < 1.29 is 14.3 Å². The fraction of sp³-hybridized carbons (Fsp3) is 0.125. The Labute approximate surface area is 138 Å². The van der Waals surface area contributed by atoms with Gasteiger partial charge in [-0.2, -0.15) is 0 Å². The predicted octanol–water partition coefficient (Wildman–Crippen LogP) is 3.96. The Morgan fingerprint density at radius 1 is 1.09 bits per heavy atom. The maximum Gasteiger partial charge on any atom is 0.337 e. The third-order valence-electron chi connectivity index (χ3n) is 2.97. The molecule has 114 valence electrons. The minimum absolute atomic E-state index is 0.0426. The largest absolute Gasteiger partial charge is 0.465 e. The van der Waals surface area contributed by atoms with Gasteiger partial charge in [0, 0.05) is 15.7 Å². The van der Waals surface area contributed by atoms with Crippen LogP contribution in [0, 0.1) is 0 Å². The van der Waals surface area contributed by atoms with Gasteiger partial charge in [0.2, 0.25) is 5.91 Å². The number of rotatable bonds is 4. The van der Waals surface area contributed by atoms with Gasteiger partial charge < -0.3 is 10.1 Å². The molecule has 6 heteroatoms. The van der Waals surface area contributed by atoms with Gasteiger partial charge in [-0.05, 0) is 35.9 Å². The predicted molar refractivity (Wildman–Crippen MR) is 86.6 cm³/mol. The van der Waals surface area contributed by atoms with E-state index in [4.69, 9.17) is 23.2 Å². The Morgan fingerprint density at radius 2 is 1.73 bits per heavy atom. The van der Waals surface area contributed by atoms with E-state index in [1.165, 1.54) is 13.2 Å². The number of carbonyl (C=O) groups excluding carboxylic acids is 2. The second-order valence-electron chi connectivity index (χ2n) is 4.50. The Balaban J connectivity index is 2.11. The van der Waals surface area contributed by atoms with Gasteiger partial charge in [-0.25, -0.2) is 4.79 Å². The molecule has 0 radical (unpaired) electrons. The molecule has 0 heterocycles. The molecule has 0 aliphatic rings. The van der Waals surface area contributed by atoms with Crippen LogP contribution < -0.4 is 5.32 Å². The van der Waals surface area contributed by atoms with Crippen molar-refractivity contribution in [2.75, 3.05) is 12.4 Å². The zero-order valence-corrected chi connectivity index (χ0v) is 13.2. The molecule has 2 aromatic rings. The van der Waals surface area contributed by atoms with Crippen molar-refractivity contribution in [1.82, 2.24) is 0 Å². The number of methoxy groups -OCH3 is 1. The van der Waals surface area contributed by atoms with Crippen LogP contribution in [0.4, 0.5) is 5.69 Å². The average Bonchev–Trinajstić information content (AvgIpc) is 2.50. The van der Waals surface area contributed by atoms with Crippen molar-refractivity contribution in [1.29, 1.82) is 0 Å². The summed E-state index contributed by atoms with van der Waals surface area (Å²) < 4.78 is 4.64. The summed E-state index contributed by atoms with van der Waals surface area (Å²) in [5.74, 6) is -0.748. The molecule has 0 aromatic heterocycles. The first-order valence-electron chi connectivity index (χ1n) is 6.42. The number of amides is 1. The molecule has 0 unspecified atom stereocenters. The quantitative estimate of drug-likeness (QED) is 0.859. The van der Waals surface area contributed by atoms with E-state index in [1.54, 1.807) is 36.4 Å². The van der Waals surface area contributed by atoms with Gasteiger partial charge in [0.05, 0.1) is 19.1 Å². The van der Waals surface area contributed by atoms with E-state index in [9.17, 15) is 9.59 Å². The van der Waals surface area contributed by atoms with Crippen LogP contribution in [-0.4, -0.2) is 19.0 Å². The lowest BCUT2D eigenvalue weighted by Crippen LogP contribution is -2.15. The first kappa shape index (κ1) is 16.3. The summed E-state index contributed by atoms with van der Waals surface area (Å²) >= 11 is 12.1. The molecule has 0 aliphatic carbocycles. The first-order valence-corrected chi connectivity index (χ1v) is 7.18. The summed E-state index contributed by atoms with van der Waals surface area (Å²) in [7, 11) is 1.30. The number of esters is 1. The minimum Gasteiger partial charge on any atom is -0.465 e. The van der Waals surface area contributed by atoms with Crippen molar-refractivity contribution in [3.8, 4) is 0 Å². The standard InChI is InChI=1S/C16H13Cl2NO3/c1-22-16(21)10-4-2-5-11(8-10)19-15(20)9-12-13(17)6-3-7-14(12)18/h2-8H,9H2,1H3,(H,19,20). The van der Waals surface area contributed by atoms with E-state index in [1.807, 2.05) is 0 Å². The lowest BCUT2D eigenvalue weighted by Gasteiger charge is -2.09. The number of halogens is 2.